The second-order valence-corrected chi connectivity index (χ2v) is 8.43. The van der Waals surface area contributed by atoms with E-state index >= 15 is 0 Å². The van der Waals surface area contributed by atoms with Gasteiger partial charge in [0.15, 0.2) is 11.0 Å². The van der Waals surface area contributed by atoms with Crippen LogP contribution in [0.5, 0.6) is 0 Å². The van der Waals surface area contributed by atoms with Crippen molar-refractivity contribution < 1.29 is 4.52 Å². The topological polar surface area (TPSA) is 69.6 Å². The number of nitrogens with zero attached hydrogens (tertiary/aromatic N) is 5. The Hall–Kier alpha value is -2.15. The third-order valence-corrected chi connectivity index (χ3v) is 4.92. The molecule has 2 heterocycles. The van der Waals surface area contributed by atoms with Crippen LogP contribution in [0.4, 0.5) is 0 Å². The molecular formula is C18H23N5OS. The highest BCUT2D eigenvalue weighted by atomic mass is 32.2. The van der Waals surface area contributed by atoms with Crippen LogP contribution < -0.4 is 0 Å². The largest absolute Gasteiger partial charge is 0.338 e. The molecule has 0 saturated carbocycles. The summed E-state index contributed by atoms with van der Waals surface area (Å²) in [5.74, 6) is 2.17. The predicted molar refractivity (Wildman–Crippen MR) is 98.1 cm³/mol. The Balaban J connectivity index is 1.89. The quantitative estimate of drug-likeness (QED) is 0.644. The second kappa shape index (κ2) is 6.63. The van der Waals surface area contributed by atoms with Crippen LogP contribution in [0.25, 0.3) is 5.69 Å². The van der Waals surface area contributed by atoms with Crippen molar-refractivity contribution in [2.24, 2.45) is 0 Å². The van der Waals surface area contributed by atoms with Gasteiger partial charge in [-0.05, 0) is 32.4 Å². The first-order chi connectivity index (χ1) is 11.8. The molecule has 2 aromatic heterocycles. The summed E-state index contributed by atoms with van der Waals surface area (Å²) in [6.45, 7) is 12.3. The molecule has 1 atom stereocenters. The van der Waals surface area contributed by atoms with Crippen LogP contribution in [0, 0.1) is 13.8 Å². The Morgan fingerprint density at radius 2 is 1.84 bits per heavy atom. The molecule has 0 radical (unpaired) electrons. The van der Waals surface area contributed by atoms with Crippen LogP contribution in [0.15, 0.2) is 33.9 Å². The lowest BCUT2D eigenvalue weighted by molar-refractivity contribution is 0.364. The maximum Gasteiger partial charge on any atom is 0.239 e. The van der Waals surface area contributed by atoms with Crippen LogP contribution in [0.1, 0.15) is 56.0 Å². The van der Waals surface area contributed by atoms with Gasteiger partial charge in [-0.3, -0.25) is 4.57 Å². The number of benzene rings is 1. The fourth-order valence-corrected chi connectivity index (χ4v) is 3.36. The van der Waals surface area contributed by atoms with Gasteiger partial charge in [0.25, 0.3) is 0 Å². The molecule has 6 nitrogen and oxygen atoms in total. The van der Waals surface area contributed by atoms with Gasteiger partial charge < -0.3 is 4.52 Å². The van der Waals surface area contributed by atoms with Crippen molar-refractivity contribution in [3.63, 3.8) is 0 Å². The standard InChI is InChI=1S/C18H23N5OS/c1-11-9-7-8-10-14(11)23-13(3)20-21-17(23)25-12(2)15-19-16(22-24-15)18(4,5)6/h7-10,12H,1-6H3. The first kappa shape index (κ1) is 17.7. The summed E-state index contributed by atoms with van der Waals surface area (Å²) in [7, 11) is 0. The van der Waals surface area contributed by atoms with Crippen molar-refractivity contribution in [2.45, 2.75) is 57.4 Å². The second-order valence-electron chi connectivity index (χ2n) is 7.12. The van der Waals surface area contributed by atoms with Crippen molar-refractivity contribution in [3.05, 3.63) is 47.4 Å². The monoisotopic (exact) mass is 357 g/mol. The third-order valence-electron chi connectivity index (χ3n) is 3.89. The molecular weight excluding hydrogens is 334 g/mol. The van der Waals surface area contributed by atoms with E-state index in [-0.39, 0.29) is 10.7 Å². The van der Waals surface area contributed by atoms with Gasteiger partial charge in [-0.1, -0.05) is 55.9 Å². The number of hydrogen-bond donors (Lipinski definition) is 0. The summed E-state index contributed by atoms with van der Waals surface area (Å²) >= 11 is 1.56. The van der Waals surface area contributed by atoms with E-state index in [1.54, 1.807) is 11.8 Å². The van der Waals surface area contributed by atoms with Gasteiger partial charge in [0.2, 0.25) is 5.89 Å². The summed E-state index contributed by atoms with van der Waals surface area (Å²) in [5.41, 5.74) is 2.12. The first-order valence-electron chi connectivity index (χ1n) is 8.26. The van der Waals surface area contributed by atoms with E-state index in [0.717, 1.165) is 16.7 Å². The zero-order chi connectivity index (χ0) is 18.2. The molecule has 0 spiro atoms. The molecule has 1 unspecified atom stereocenters. The van der Waals surface area contributed by atoms with Gasteiger partial charge in [0.05, 0.1) is 10.9 Å². The SMILES string of the molecule is Cc1ccccc1-n1c(C)nnc1SC(C)c1nc(C(C)(C)C)no1. The summed E-state index contributed by atoms with van der Waals surface area (Å²) < 4.78 is 7.53. The fraction of sp³-hybridized carbons (Fsp3) is 0.444. The van der Waals surface area contributed by atoms with Gasteiger partial charge in [-0.15, -0.1) is 10.2 Å². The summed E-state index contributed by atoms with van der Waals surface area (Å²) in [4.78, 5) is 4.55. The van der Waals surface area contributed by atoms with Gasteiger partial charge in [-0.25, -0.2) is 0 Å². The van der Waals surface area contributed by atoms with Crippen LogP contribution in [-0.4, -0.2) is 24.9 Å². The Labute approximate surface area is 152 Å². The van der Waals surface area contributed by atoms with Gasteiger partial charge in [-0.2, -0.15) is 4.98 Å². The van der Waals surface area contributed by atoms with Crippen molar-refractivity contribution in [1.82, 2.24) is 24.9 Å². The van der Waals surface area contributed by atoms with Gasteiger partial charge in [0.1, 0.15) is 5.82 Å². The molecule has 0 bridgehead atoms. The molecule has 1 aromatic carbocycles. The number of para-hydroxylation sites is 1. The summed E-state index contributed by atoms with van der Waals surface area (Å²) in [6, 6.07) is 8.21. The minimum Gasteiger partial charge on any atom is -0.338 e. The van der Waals surface area contributed by atoms with Crippen LogP contribution in [0.2, 0.25) is 0 Å². The fourth-order valence-electron chi connectivity index (χ4n) is 2.42. The minimum atomic E-state index is -0.135. The van der Waals surface area contributed by atoms with Gasteiger partial charge >= 0.3 is 0 Å². The predicted octanol–water partition coefficient (Wildman–Crippen LogP) is 4.42. The van der Waals surface area contributed by atoms with Gasteiger partial charge in [0, 0.05) is 5.41 Å². The zero-order valence-corrected chi connectivity index (χ0v) is 16.3. The van der Waals surface area contributed by atoms with E-state index in [4.69, 9.17) is 4.52 Å². The summed E-state index contributed by atoms with van der Waals surface area (Å²) in [6.07, 6.45) is 0. The molecule has 0 N–H and O–H groups in total. The lowest BCUT2D eigenvalue weighted by Crippen LogP contribution is -2.13. The lowest BCUT2D eigenvalue weighted by Gasteiger charge is -2.13. The number of hydrogen-bond acceptors (Lipinski definition) is 6. The van der Waals surface area contributed by atoms with E-state index in [1.807, 2.05) is 26.0 Å². The molecule has 0 aliphatic heterocycles. The van der Waals surface area contributed by atoms with Crippen molar-refractivity contribution in [1.29, 1.82) is 0 Å². The Morgan fingerprint density at radius 3 is 2.48 bits per heavy atom. The van der Waals surface area contributed by atoms with E-state index in [0.29, 0.717) is 11.7 Å². The van der Waals surface area contributed by atoms with Crippen LogP contribution in [-0.2, 0) is 5.41 Å². The molecule has 0 aliphatic rings. The van der Waals surface area contributed by atoms with Crippen molar-refractivity contribution in [2.75, 3.05) is 0 Å². The van der Waals surface area contributed by atoms with Crippen LogP contribution in [0.3, 0.4) is 0 Å². The number of aromatic nitrogens is 5. The first-order valence-corrected chi connectivity index (χ1v) is 9.14. The minimum absolute atomic E-state index is 0.0185. The highest BCUT2D eigenvalue weighted by molar-refractivity contribution is 7.99. The Kier molecular flexibility index (Phi) is 4.69. The maximum atomic E-state index is 5.46. The summed E-state index contributed by atoms with van der Waals surface area (Å²) in [5, 5.41) is 13.5. The average Bonchev–Trinajstić information content (AvgIpc) is 3.16. The molecule has 0 fully saturated rings. The molecule has 132 valence electrons. The van der Waals surface area contributed by atoms with E-state index in [2.05, 4.69) is 64.7 Å². The van der Waals surface area contributed by atoms with Crippen molar-refractivity contribution >= 4 is 11.8 Å². The van der Waals surface area contributed by atoms with Crippen molar-refractivity contribution in [3.8, 4) is 5.69 Å². The molecule has 25 heavy (non-hydrogen) atoms. The molecule has 3 aromatic rings. The highest BCUT2D eigenvalue weighted by Crippen LogP contribution is 2.35. The molecule has 7 heteroatoms. The average molecular weight is 357 g/mol. The Morgan fingerprint density at radius 1 is 1.12 bits per heavy atom. The maximum absolute atomic E-state index is 5.46. The normalized spacial score (nSPS) is 13.2. The smallest absolute Gasteiger partial charge is 0.239 e. The molecule has 3 rings (SSSR count). The molecule has 0 saturated heterocycles. The molecule has 0 amide bonds. The molecule has 0 aliphatic carbocycles. The lowest BCUT2D eigenvalue weighted by atomic mass is 9.96. The number of rotatable bonds is 4. The van der Waals surface area contributed by atoms with E-state index < -0.39 is 0 Å². The van der Waals surface area contributed by atoms with Crippen LogP contribution >= 0.6 is 11.8 Å². The highest BCUT2D eigenvalue weighted by Gasteiger charge is 2.25. The number of thioether (sulfide) groups is 1. The van der Waals surface area contributed by atoms with E-state index in [9.17, 15) is 0 Å². The zero-order valence-electron chi connectivity index (χ0n) is 15.4. The Bertz CT molecular complexity index is 878. The number of aryl methyl sites for hydroxylation is 2. The third kappa shape index (κ3) is 3.61. The van der Waals surface area contributed by atoms with E-state index in [1.165, 1.54) is 5.56 Å².